The van der Waals surface area contributed by atoms with E-state index in [1.807, 2.05) is 18.2 Å². The third kappa shape index (κ3) is 4.06. The van der Waals surface area contributed by atoms with Crippen molar-refractivity contribution < 1.29 is 19.1 Å². The SMILES string of the molecule is Cc1c(CCC(=O)O)c(=O)oc2cc(OCc3ccc(Cl)cc3)ccc12. The lowest BCUT2D eigenvalue weighted by molar-refractivity contribution is -0.136. The third-order valence-electron chi connectivity index (χ3n) is 4.17. The number of carboxylic acid groups (broad SMARTS) is 1. The largest absolute Gasteiger partial charge is 0.489 e. The van der Waals surface area contributed by atoms with Gasteiger partial charge in [-0.05, 0) is 48.7 Å². The maximum absolute atomic E-state index is 12.2. The van der Waals surface area contributed by atoms with Crippen molar-refractivity contribution in [2.45, 2.75) is 26.4 Å². The number of rotatable bonds is 6. The van der Waals surface area contributed by atoms with Gasteiger partial charge in [-0.3, -0.25) is 4.79 Å². The minimum atomic E-state index is -0.949. The normalized spacial score (nSPS) is 10.8. The molecule has 0 saturated carbocycles. The molecule has 0 spiro atoms. The first-order valence-electron chi connectivity index (χ1n) is 8.09. The van der Waals surface area contributed by atoms with Crippen LogP contribution >= 0.6 is 11.6 Å². The van der Waals surface area contributed by atoms with Crippen LogP contribution in [0.1, 0.15) is 23.1 Å². The van der Waals surface area contributed by atoms with E-state index in [2.05, 4.69) is 0 Å². The molecule has 0 aliphatic heterocycles. The van der Waals surface area contributed by atoms with Crippen LogP contribution in [0.25, 0.3) is 11.0 Å². The van der Waals surface area contributed by atoms with E-state index in [0.29, 0.717) is 28.5 Å². The first-order chi connectivity index (χ1) is 12.4. The van der Waals surface area contributed by atoms with E-state index in [-0.39, 0.29) is 12.8 Å². The Morgan fingerprint density at radius 2 is 1.92 bits per heavy atom. The van der Waals surface area contributed by atoms with Crippen LogP contribution in [0.5, 0.6) is 5.75 Å². The molecule has 0 fully saturated rings. The van der Waals surface area contributed by atoms with Crippen LogP contribution in [0.2, 0.25) is 5.02 Å². The number of fused-ring (bicyclic) bond motifs is 1. The van der Waals surface area contributed by atoms with Crippen molar-refractivity contribution in [2.75, 3.05) is 0 Å². The summed E-state index contributed by atoms with van der Waals surface area (Å²) in [5.74, 6) is -0.372. The molecule has 2 aromatic carbocycles. The quantitative estimate of drug-likeness (QED) is 0.651. The smallest absolute Gasteiger partial charge is 0.339 e. The van der Waals surface area contributed by atoms with Gasteiger partial charge in [-0.2, -0.15) is 0 Å². The zero-order valence-electron chi connectivity index (χ0n) is 14.1. The summed E-state index contributed by atoms with van der Waals surface area (Å²) in [6.07, 6.45) is 0.0354. The number of hydrogen-bond acceptors (Lipinski definition) is 4. The Morgan fingerprint density at radius 1 is 1.19 bits per heavy atom. The highest BCUT2D eigenvalue weighted by molar-refractivity contribution is 6.30. The first kappa shape index (κ1) is 18.0. The molecule has 0 aliphatic carbocycles. The molecular weight excluding hydrogens is 356 g/mol. The van der Waals surface area contributed by atoms with Gasteiger partial charge in [-0.15, -0.1) is 0 Å². The van der Waals surface area contributed by atoms with Crippen molar-refractivity contribution in [3.63, 3.8) is 0 Å². The maximum Gasteiger partial charge on any atom is 0.339 e. The van der Waals surface area contributed by atoms with Crippen LogP contribution in [0, 0.1) is 6.92 Å². The number of aliphatic carboxylic acids is 1. The van der Waals surface area contributed by atoms with E-state index >= 15 is 0 Å². The lowest BCUT2D eigenvalue weighted by Gasteiger charge is -2.10. The molecule has 1 N–H and O–H groups in total. The monoisotopic (exact) mass is 372 g/mol. The average Bonchev–Trinajstić information content (AvgIpc) is 2.60. The highest BCUT2D eigenvalue weighted by Gasteiger charge is 2.13. The minimum Gasteiger partial charge on any atom is -0.489 e. The number of carbonyl (C=O) groups is 1. The molecule has 26 heavy (non-hydrogen) atoms. The Morgan fingerprint density at radius 3 is 2.62 bits per heavy atom. The van der Waals surface area contributed by atoms with Crippen LogP contribution in [0.15, 0.2) is 51.7 Å². The van der Waals surface area contributed by atoms with Gasteiger partial charge in [0.25, 0.3) is 0 Å². The number of hydrogen-bond donors (Lipinski definition) is 1. The highest BCUT2D eigenvalue weighted by atomic mass is 35.5. The number of benzene rings is 2. The summed E-state index contributed by atoms with van der Waals surface area (Å²) in [7, 11) is 0. The average molecular weight is 373 g/mol. The van der Waals surface area contributed by atoms with Crippen LogP contribution in [-0.4, -0.2) is 11.1 Å². The zero-order valence-corrected chi connectivity index (χ0v) is 14.9. The van der Waals surface area contributed by atoms with Crippen LogP contribution in [-0.2, 0) is 17.8 Å². The Labute approximate surface area is 154 Å². The fraction of sp³-hybridized carbons (Fsp3) is 0.200. The summed E-state index contributed by atoms with van der Waals surface area (Å²) in [5, 5.41) is 10.2. The van der Waals surface area contributed by atoms with E-state index in [9.17, 15) is 9.59 Å². The number of carboxylic acids is 1. The topological polar surface area (TPSA) is 76.7 Å². The minimum absolute atomic E-state index is 0.112. The molecule has 0 saturated heterocycles. The Kier molecular flexibility index (Phi) is 5.28. The molecule has 6 heteroatoms. The molecule has 3 rings (SSSR count). The first-order valence-corrected chi connectivity index (χ1v) is 8.47. The molecular formula is C20H17ClO5. The Bertz CT molecular complexity index is 1010. The predicted molar refractivity (Wildman–Crippen MR) is 99.0 cm³/mol. The Hall–Kier alpha value is -2.79. The summed E-state index contributed by atoms with van der Waals surface area (Å²) in [5.41, 5.74) is 2.01. The lowest BCUT2D eigenvalue weighted by atomic mass is 10.0. The molecule has 1 heterocycles. The maximum atomic E-state index is 12.2. The van der Waals surface area contributed by atoms with Crippen molar-refractivity contribution in [1.82, 2.24) is 0 Å². The van der Waals surface area contributed by atoms with Gasteiger partial charge in [0.2, 0.25) is 0 Å². The summed E-state index contributed by atoms with van der Waals surface area (Å²) >= 11 is 5.86. The lowest BCUT2D eigenvalue weighted by Crippen LogP contribution is -2.12. The number of halogens is 1. The van der Waals surface area contributed by atoms with E-state index < -0.39 is 11.6 Å². The zero-order chi connectivity index (χ0) is 18.7. The van der Waals surface area contributed by atoms with E-state index in [1.54, 1.807) is 31.2 Å². The van der Waals surface area contributed by atoms with Crippen molar-refractivity contribution in [3.8, 4) is 5.75 Å². The molecule has 0 amide bonds. The Balaban J connectivity index is 1.84. The van der Waals surface area contributed by atoms with Gasteiger partial charge >= 0.3 is 11.6 Å². The third-order valence-corrected chi connectivity index (χ3v) is 4.42. The molecule has 0 atom stereocenters. The van der Waals surface area contributed by atoms with Crippen LogP contribution < -0.4 is 10.4 Å². The second kappa shape index (κ2) is 7.62. The number of ether oxygens (including phenoxy) is 1. The fourth-order valence-electron chi connectivity index (χ4n) is 2.73. The summed E-state index contributed by atoms with van der Waals surface area (Å²) < 4.78 is 11.1. The molecule has 3 aromatic rings. The molecule has 134 valence electrons. The van der Waals surface area contributed by atoms with Gasteiger partial charge in [-0.25, -0.2) is 4.79 Å². The van der Waals surface area contributed by atoms with E-state index in [4.69, 9.17) is 25.9 Å². The van der Waals surface area contributed by atoms with Gasteiger partial charge in [-0.1, -0.05) is 23.7 Å². The molecule has 0 bridgehead atoms. The van der Waals surface area contributed by atoms with E-state index in [1.165, 1.54) is 0 Å². The van der Waals surface area contributed by atoms with Crippen LogP contribution in [0.3, 0.4) is 0 Å². The summed E-state index contributed by atoms with van der Waals surface area (Å²) in [6, 6.07) is 12.6. The second-order valence-corrected chi connectivity index (χ2v) is 6.40. The van der Waals surface area contributed by atoms with Gasteiger partial charge in [0.15, 0.2) is 0 Å². The van der Waals surface area contributed by atoms with Gasteiger partial charge in [0.05, 0.1) is 0 Å². The van der Waals surface area contributed by atoms with Crippen LogP contribution in [0.4, 0.5) is 0 Å². The van der Waals surface area contributed by atoms with Crippen molar-refractivity contribution in [1.29, 1.82) is 0 Å². The summed E-state index contributed by atoms with van der Waals surface area (Å²) in [6.45, 7) is 2.16. The van der Waals surface area contributed by atoms with Crippen molar-refractivity contribution in [2.24, 2.45) is 0 Å². The highest BCUT2D eigenvalue weighted by Crippen LogP contribution is 2.25. The molecule has 0 unspecified atom stereocenters. The fourth-order valence-corrected chi connectivity index (χ4v) is 2.86. The molecule has 5 nitrogen and oxygen atoms in total. The van der Waals surface area contributed by atoms with E-state index in [0.717, 1.165) is 16.5 Å². The van der Waals surface area contributed by atoms with Crippen molar-refractivity contribution in [3.05, 3.63) is 74.6 Å². The molecule has 1 aromatic heterocycles. The molecule has 0 aliphatic rings. The summed E-state index contributed by atoms with van der Waals surface area (Å²) in [4.78, 5) is 22.9. The van der Waals surface area contributed by atoms with Gasteiger partial charge in [0.1, 0.15) is 17.9 Å². The standard InChI is InChI=1S/C20H17ClO5/c1-12-16-7-6-15(25-11-13-2-4-14(21)5-3-13)10-18(16)26-20(24)17(12)8-9-19(22)23/h2-7,10H,8-9,11H2,1H3,(H,22,23). The molecule has 0 radical (unpaired) electrons. The number of aryl methyl sites for hydroxylation is 1. The van der Waals surface area contributed by atoms with Crippen molar-refractivity contribution >= 4 is 28.5 Å². The van der Waals surface area contributed by atoms with Gasteiger partial charge < -0.3 is 14.3 Å². The second-order valence-electron chi connectivity index (χ2n) is 5.96. The van der Waals surface area contributed by atoms with Gasteiger partial charge in [0, 0.05) is 28.5 Å². The predicted octanol–water partition coefficient (Wildman–Crippen LogP) is 4.35.